The molecule has 0 aliphatic rings. The summed E-state index contributed by atoms with van der Waals surface area (Å²) in [6.07, 6.45) is 0.517. The number of benzene rings is 1. The molecule has 1 N–H and O–H groups in total. The molecule has 0 bridgehead atoms. The summed E-state index contributed by atoms with van der Waals surface area (Å²) >= 11 is 0. The van der Waals surface area contributed by atoms with Gasteiger partial charge in [0.1, 0.15) is 5.75 Å². The summed E-state index contributed by atoms with van der Waals surface area (Å²) in [5.41, 5.74) is 1.16. The first kappa shape index (κ1) is 14.5. The van der Waals surface area contributed by atoms with Crippen LogP contribution in [0.1, 0.15) is 24.9 Å². The molecule has 1 atom stereocenters. The van der Waals surface area contributed by atoms with E-state index in [-0.39, 0.29) is 11.9 Å². The van der Waals surface area contributed by atoms with Gasteiger partial charge in [0.05, 0.1) is 13.2 Å². The quantitative estimate of drug-likeness (QED) is 0.837. The average molecular weight is 250 g/mol. The van der Waals surface area contributed by atoms with Crippen LogP contribution in [0.3, 0.4) is 0 Å². The van der Waals surface area contributed by atoms with E-state index in [1.165, 1.54) is 0 Å². The fourth-order valence-corrected chi connectivity index (χ4v) is 1.76. The number of ether oxygens (including phenoxy) is 1. The lowest BCUT2D eigenvalue weighted by atomic mass is 10.1. The Labute approximate surface area is 109 Å². The van der Waals surface area contributed by atoms with Gasteiger partial charge in [-0.15, -0.1) is 0 Å². The summed E-state index contributed by atoms with van der Waals surface area (Å²) in [6.45, 7) is 2.47. The molecule has 0 aliphatic carbocycles. The molecular weight excluding hydrogens is 228 g/mol. The van der Waals surface area contributed by atoms with Crippen molar-refractivity contribution in [2.24, 2.45) is 0 Å². The van der Waals surface area contributed by atoms with E-state index in [0.717, 1.165) is 11.3 Å². The Kier molecular flexibility index (Phi) is 5.65. The number of methoxy groups -OCH3 is 1. The first-order valence-electron chi connectivity index (χ1n) is 6.15. The van der Waals surface area contributed by atoms with E-state index in [1.807, 2.05) is 45.3 Å². The lowest BCUT2D eigenvalue weighted by Gasteiger charge is -2.25. The lowest BCUT2D eigenvalue weighted by molar-refractivity contribution is -0.121. The standard InChI is InChI=1S/C14H22N2O2/c1-5-14(17)15-10-13(16(2)3)11-6-8-12(18-4)9-7-11/h6-9,13H,5,10H2,1-4H3,(H,15,17). The second kappa shape index (κ2) is 7.01. The number of nitrogens with zero attached hydrogens (tertiary/aromatic N) is 1. The zero-order valence-corrected chi connectivity index (χ0v) is 11.6. The molecule has 0 saturated carbocycles. The van der Waals surface area contributed by atoms with Crippen molar-refractivity contribution in [1.82, 2.24) is 10.2 Å². The highest BCUT2D eigenvalue weighted by Crippen LogP contribution is 2.20. The molecule has 0 fully saturated rings. The Bertz CT molecular complexity index is 374. The number of hydrogen-bond donors (Lipinski definition) is 1. The molecule has 0 spiro atoms. The molecule has 100 valence electrons. The maximum Gasteiger partial charge on any atom is 0.219 e. The predicted octanol–water partition coefficient (Wildman–Crippen LogP) is 1.82. The Morgan fingerprint density at radius 3 is 2.39 bits per heavy atom. The van der Waals surface area contributed by atoms with Gasteiger partial charge in [-0.3, -0.25) is 4.79 Å². The van der Waals surface area contributed by atoms with E-state index < -0.39 is 0 Å². The molecular formula is C14H22N2O2. The minimum atomic E-state index is 0.0790. The van der Waals surface area contributed by atoms with Crippen LogP contribution in [0.15, 0.2) is 24.3 Å². The lowest BCUT2D eigenvalue weighted by Crippen LogP contribution is -2.34. The number of carbonyl (C=O) groups is 1. The third-order valence-electron chi connectivity index (χ3n) is 2.94. The van der Waals surface area contributed by atoms with E-state index in [0.29, 0.717) is 13.0 Å². The highest BCUT2D eigenvalue weighted by Gasteiger charge is 2.14. The van der Waals surface area contributed by atoms with Crippen LogP contribution in [-0.2, 0) is 4.79 Å². The van der Waals surface area contributed by atoms with Gasteiger partial charge in [0, 0.05) is 13.0 Å². The number of carbonyl (C=O) groups excluding carboxylic acids is 1. The Hall–Kier alpha value is -1.55. The smallest absolute Gasteiger partial charge is 0.219 e. The second-order valence-electron chi connectivity index (χ2n) is 4.41. The number of likely N-dealkylation sites (N-methyl/N-ethyl adjacent to an activating group) is 1. The maximum absolute atomic E-state index is 11.3. The summed E-state index contributed by atoms with van der Waals surface area (Å²) in [6, 6.07) is 8.11. The van der Waals surface area contributed by atoms with E-state index >= 15 is 0 Å². The summed E-state index contributed by atoms with van der Waals surface area (Å²) in [7, 11) is 5.67. The van der Waals surface area contributed by atoms with Gasteiger partial charge >= 0.3 is 0 Å². The van der Waals surface area contributed by atoms with Gasteiger partial charge in [-0.2, -0.15) is 0 Å². The molecule has 0 aliphatic heterocycles. The number of hydrogen-bond acceptors (Lipinski definition) is 3. The van der Waals surface area contributed by atoms with Gasteiger partial charge in [0.15, 0.2) is 0 Å². The van der Waals surface area contributed by atoms with Crippen molar-refractivity contribution in [3.05, 3.63) is 29.8 Å². The van der Waals surface area contributed by atoms with Crippen LogP contribution in [-0.4, -0.2) is 38.6 Å². The average Bonchev–Trinajstić information content (AvgIpc) is 2.39. The zero-order chi connectivity index (χ0) is 13.5. The molecule has 18 heavy (non-hydrogen) atoms. The predicted molar refractivity (Wildman–Crippen MR) is 72.7 cm³/mol. The van der Waals surface area contributed by atoms with Crippen molar-refractivity contribution in [3.63, 3.8) is 0 Å². The van der Waals surface area contributed by atoms with Gasteiger partial charge in [0.25, 0.3) is 0 Å². The van der Waals surface area contributed by atoms with Crippen LogP contribution in [0, 0.1) is 0 Å². The normalized spacial score (nSPS) is 12.3. The van der Waals surface area contributed by atoms with E-state index in [2.05, 4.69) is 10.2 Å². The molecule has 4 nitrogen and oxygen atoms in total. The van der Waals surface area contributed by atoms with Gasteiger partial charge in [-0.1, -0.05) is 19.1 Å². The molecule has 1 aromatic rings. The topological polar surface area (TPSA) is 41.6 Å². The number of nitrogens with one attached hydrogen (secondary N) is 1. The van der Waals surface area contributed by atoms with Gasteiger partial charge in [-0.05, 0) is 31.8 Å². The van der Waals surface area contributed by atoms with Gasteiger partial charge in [0.2, 0.25) is 5.91 Å². The summed E-state index contributed by atoms with van der Waals surface area (Å²) in [4.78, 5) is 13.4. The molecule has 4 heteroatoms. The van der Waals surface area contributed by atoms with E-state index in [1.54, 1.807) is 7.11 Å². The Balaban J connectivity index is 2.74. The molecule has 0 radical (unpaired) electrons. The van der Waals surface area contributed by atoms with Crippen molar-refractivity contribution in [2.75, 3.05) is 27.7 Å². The molecule has 1 amide bonds. The van der Waals surface area contributed by atoms with Crippen molar-refractivity contribution >= 4 is 5.91 Å². The van der Waals surface area contributed by atoms with Crippen molar-refractivity contribution in [3.8, 4) is 5.75 Å². The first-order valence-corrected chi connectivity index (χ1v) is 6.15. The largest absolute Gasteiger partial charge is 0.497 e. The maximum atomic E-state index is 11.3. The van der Waals surface area contributed by atoms with Crippen molar-refractivity contribution in [2.45, 2.75) is 19.4 Å². The Morgan fingerprint density at radius 1 is 1.33 bits per heavy atom. The van der Waals surface area contributed by atoms with E-state index in [9.17, 15) is 4.79 Å². The van der Waals surface area contributed by atoms with Crippen LogP contribution in [0.2, 0.25) is 0 Å². The fourth-order valence-electron chi connectivity index (χ4n) is 1.76. The van der Waals surface area contributed by atoms with Gasteiger partial charge in [-0.25, -0.2) is 0 Å². The van der Waals surface area contributed by atoms with Crippen LogP contribution in [0.25, 0.3) is 0 Å². The van der Waals surface area contributed by atoms with E-state index in [4.69, 9.17) is 4.74 Å². The SMILES string of the molecule is CCC(=O)NCC(c1ccc(OC)cc1)N(C)C. The highest BCUT2D eigenvalue weighted by molar-refractivity contribution is 5.75. The highest BCUT2D eigenvalue weighted by atomic mass is 16.5. The van der Waals surface area contributed by atoms with Crippen LogP contribution in [0.4, 0.5) is 0 Å². The van der Waals surface area contributed by atoms with Crippen molar-refractivity contribution < 1.29 is 9.53 Å². The van der Waals surface area contributed by atoms with Gasteiger partial charge < -0.3 is 15.0 Å². The molecule has 0 saturated heterocycles. The number of amides is 1. The van der Waals surface area contributed by atoms with Crippen LogP contribution in [0.5, 0.6) is 5.75 Å². The monoisotopic (exact) mass is 250 g/mol. The summed E-state index contributed by atoms with van der Waals surface area (Å²) < 4.78 is 5.14. The zero-order valence-electron chi connectivity index (χ0n) is 11.6. The Morgan fingerprint density at radius 2 is 1.94 bits per heavy atom. The third-order valence-corrected chi connectivity index (χ3v) is 2.94. The fraction of sp³-hybridized carbons (Fsp3) is 0.500. The summed E-state index contributed by atoms with van der Waals surface area (Å²) in [5, 5.41) is 2.93. The van der Waals surface area contributed by atoms with Crippen molar-refractivity contribution in [1.29, 1.82) is 0 Å². The molecule has 0 aromatic heterocycles. The van der Waals surface area contributed by atoms with Crippen LogP contribution >= 0.6 is 0 Å². The minimum absolute atomic E-state index is 0.0790. The first-order chi connectivity index (χ1) is 8.58. The number of rotatable bonds is 6. The second-order valence-corrected chi connectivity index (χ2v) is 4.41. The molecule has 0 heterocycles. The molecule has 1 unspecified atom stereocenters. The molecule has 1 rings (SSSR count). The molecule has 1 aromatic carbocycles. The third kappa shape index (κ3) is 4.04. The minimum Gasteiger partial charge on any atom is -0.497 e. The van der Waals surface area contributed by atoms with Crippen LogP contribution < -0.4 is 10.1 Å². The summed E-state index contributed by atoms with van der Waals surface area (Å²) in [5.74, 6) is 0.921.